The van der Waals surface area contributed by atoms with Crippen LogP contribution in [-0.4, -0.2) is 57.3 Å². The lowest BCUT2D eigenvalue weighted by Gasteiger charge is -2.34. The number of piperidine rings is 1. The number of amidine groups is 1. The van der Waals surface area contributed by atoms with Gasteiger partial charge in [0, 0.05) is 18.7 Å². The van der Waals surface area contributed by atoms with Gasteiger partial charge in [0.1, 0.15) is 5.84 Å². The molecular weight excluding hydrogens is 382 g/mol. The molecular formula is C19H25N3O5S. The molecule has 0 spiro atoms. The second kappa shape index (κ2) is 8.30. The summed E-state index contributed by atoms with van der Waals surface area (Å²) >= 11 is 0. The van der Waals surface area contributed by atoms with E-state index in [1.807, 2.05) is 0 Å². The standard InChI is InChI=1S/C19H25N3O5S/c1-13-9-14(2)11-22(10-13)17(23)12-27-18(24)7-8-20-19-15-5-3-4-6-16(15)28(25,26)21-19/h3-6,13-14H,7-12H2,1-2H3,(H,20,21)/t13-,14-/m0/s1. The molecule has 1 fully saturated rings. The fraction of sp³-hybridized carbons (Fsp3) is 0.526. The molecule has 1 N–H and O–H groups in total. The largest absolute Gasteiger partial charge is 0.456 e. The number of rotatable bonds is 5. The summed E-state index contributed by atoms with van der Waals surface area (Å²) in [6.07, 6.45) is 1.06. The lowest BCUT2D eigenvalue weighted by molar-refractivity contribution is -0.153. The highest BCUT2D eigenvalue weighted by atomic mass is 32.2. The van der Waals surface area contributed by atoms with Gasteiger partial charge in [-0.3, -0.25) is 19.3 Å². The maximum Gasteiger partial charge on any atom is 0.308 e. The molecule has 0 aliphatic carbocycles. The number of likely N-dealkylation sites (tertiary alicyclic amines) is 1. The van der Waals surface area contributed by atoms with E-state index in [0.717, 1.165) is 6.42 Å². The third kappa shape index (κ3) is 4.70. The van der Waals surface area contributed by atoms with E-state index in [1.165, 1.54) is 6.07 Å². The summed E-state index contributed by atoms with van der Waals surface area (Å²) in [6.45, 7) is 5.39. The number of carbonyl (C=O) groups excluding carboxylic acids is 2. The van der Waals surface area contributed by atoms with Crippen molar-refractivity contribution in [1.29, 1.82) is 0 Å². The second-order valence-corrected chi connectivity index (χ2v) is 9.14. The van der Waals surface area contributed by atoms with Crippen molar-refractivity contribution in [2.24, 2.45) is 16.8 Å². The number of nitrogens with one attached hydrogen (secondary N) is 1. The fourth-order valence-electron chi connectivity index (χ4n) is 3.68. The minimum Gasteiger partial charge on any atom is -0.456 e. The maximum absolute atomic E-state index is 12.2. The monoisotopic (exact) mass is 407 g/mol. The number of amides is 1. The van der Waals surface area contributed by atoms with Crippen LogP contribution >= 0.6 is 0 Å². The SMILES string of the molecule is C[C@H]1C[C@H](C)CN(C(=O)COC(=O)CCN=C2NS(=O)(=O)c3ccccc32)C1. The molecule has 1 amide bonds. The first-order valence-electron chi connectivity index (χ1n) is 9.36. The van der Waals surface area contributed by atoms with Crippen LogP contribution in [0.25, 0.3) is 0 Å². The molecule has 0 saturated carbocycles. The molecule has 1 aromatic carbocycles. The van der Waals surface area contributed by atoms with Crippen LogP contribution in [0.1, 0.15) is 32.3 Å². The lowest BCUT2D eigenvalue weighted by atomic mass is 9.92. The summed E-state index contributed by atoms with van der Waals surface area (Å²) < 4.78 is 31.5. The van der Waals surface area contributed by atoms with Crippen molar-refractivity contribution in [3.8, 4) is 0 Å². The number of esters is 1. The van der Waals surface area contributed by atoms with Gasteiger partial charge in [0.2, 0.25) is 0 Å². The van der Waals surface area contributed by atoms with Crippen molar-refractivity contribution < 1.29 is 22.7 Å². The molecule has 152 valence electrons. The van der Waals surface area contributed by atoms with Crippen molar-refractivity contribution in [1.82, 2.24) is 9.62 Å². The van der Waals surface area contributed by atoms with E-state index < -0.39 is 16.0 Å². The Morgan fingerprint density at radius 2 is 1.89 bits per heavy atom. The average Bonchev–Trinajstić information content (AvgIpc) is 2.90. The summed E-state index contributed by atoms with van der Waals surface area (Å²) in [7, 11) is -3.60. The highest BCUT2D eigenvalue weighted by Gasteiger charge is 2.30. The predicted molar refractivity (Wildman–Crippen MR) is 103 cm³/mol. The second-order valence-electron chi connectivity index (χ2n) is 7.49. The number of aliphatic imine (C=N–C) groups is 1. The Labute approximate surface area is 165 Å². The number of benzene rings is 1. The lowest BCUT2D eigenvalue weighted by Crippen LogP contribution is -2.44. The molecule has 8 nitrogen and oxygen atoms in total. The van der Waals surface area contributed by atoms with Gasteiger partial charge in [0.05, 0.1) is 17.9 Å². The molecule has 0 unspecified atom stereocenters. The summed E-state index contributed by atoms with van der Waals surface area (Å²) in [5, 5.41) is 0. The summed E-state index contributed by atoms with van der Waals surface area (Å²) in [4.78, 5) is 30.2. The zero-order valence-electron chi connectivity index (χ0n) is 16.1. The first-order valence-corrected chi connectivity index (χ1v) is 10.8. The molecule has 0 bridgehead atoms. The Balaban J connectivity index is 1.48. The molecule has 0 radical (unpaired) electrons. The Morgan fingerprint density at radius 1 is 1.21 bits per heavy atom. The Hall–Kier alpha value is -2.42. The first kappa shape index (κ1) is 20.3. The van der Waals surface area contributed by atoms with Crippen molar-refractivity contribution in [3.63, 3.8) is 0 Å². The van der Waals surface area contributed by atoms with Crippen molar-refractivity contribution in [2.45, 2.75) is 31.6 Å². The number of hydrogen-bond donors (Lipinski definition) is 1. The minimum absolute atomic E-state index is 0.0342. The van der Waals surface area contributed by atoms with E-state index >= 15 is 0 Å². The van der Waals surface area contributed by atoms with Gasteiger partial charge in [0.15, 0.2) is 6.61 Å². The fourth-order valence-corrected chi connectivity index (χ4v) is 4.93. The van der Waals surface area contributed by atoms with Crippen LogP contribution in [0.15, 0.2) is 34.2 Å². The van der Waals surface area contributed by atoms with Crippen molar-refractivity contribution in [3.05, 3.63) is 29.8 Å². The van der Waals surface area contributed by atoms with Gasteiger partial charge < -0.3 is 9.64 Å². The third-order valence-corrected chi connectivity index (χ3v) is 6.22. The van der Waals surface area contributed by atoms with Gasteiger partial charge >= 0.3 is 5.97 Å². The summed E-state index contributed by atoms with van der Waals surface area (Å²) in [6, 6.07) is 6.52. The Morgan fingerprint density at radius 3 is 2.61 bits per heavy atom. The zero-order chi connectivity index (χ0) is 20.3. The summed E-state index contributed by atoms with van der Waals surface area (Å²) in [5.74, 6) is 0.380. The molecule has 1 aromatic rings. The van der Waals surface area contributed by atoms with E-state index in [1.54, 1.807) is 23.1 Å². The number of carbonyl (C=O) groups is 2. The number of sulfonamides is 1. The number of ether oxygens (including phenoxy) is 1. The van der Waals surface area contributed by atoms with Crippen LogP contribution in [-0.2, 0) is 24.3 Å². The van der Waals surface area contributed by atoms with Gasteiger partial charge in [0.25, 0.3) is 15.9 Å². The average molecular weight is 407 g/mol. The molecule has 28 heavy (non-hydrogen) atoms. The minimum atomic E-state index is -3.60. The highest BCUT2D eigenvalue weighted by molar-refractivity contribution is 7.90. The normalized spacial score (nSPS) is 24.5. The molecule has 3 rings (SSSR count). The van der Waals surface area contributed by atoms with Crippen LogP contribution < -0.4 is 4.72 Å². The topological polar surface area (TPSA) is 105 Å². The zero-order valence-corrected chi connectivity index (χ0v) is 16.9. The van der Waals surface area contributed by atoms with Gasteiger partial charge in [-0.25, -0.2) is 8.42 Å². The molecule has 1 saturated heterocycles. The predicted octanol–water partition coefficient (Wildman–Crippen LogP) is 1.16. The molecule has 9 heteroatoms. The molecule has 2 atom stereocenters. The highest BCUT2D eigenvalue weighted by Crippen LogP contribution is 2.22. The number of fused-ring (bicyclic) bond motifs is 1. The molecule has 2 aliphatic rings. The van der Waals surface area contributed by atoms with E-state index in [2.05, 4.69) is 23.6 Å². The summed E-state index contributed by atoms with van der Waals surface area (Å²) in [5.41, 5.74) is 0.486. The Bertz CT molecular complexity index is 887. The van der Waals surface area contributed by atoms with E-state index in [0.29, 0.717) is 30.5 Å². The molecule has 0 aromatic heterocycles. The first-order chi connectivity index (χ1) is 13.3. The number of nitrogens with zero attached hydrogens (tertiary/aromatic N) is 2. The molecule has 2 aliphatic heterocycles. The van der Waals surface area contributed by atoms with Crippen LogP contribution in [0.3, 0.4) is 0 Å². The third-order valence-electron chi connectivity index (χ3n) is 4.83. The van der Waals surface area contributed by atoms with Gasteiger partial charge in [-0.05, 0) is 30.4 Å². The van der Waals surface area contributed by atoms with Gasteiger partial charge in [-0.15, -0.1) is 0 Å². The van der Waals surface area contributed by atoms with E-state index in [9.17, 15) is 18.0 Å². The van der Waals surface area contributed by atoms with Crippen LogP contribution in [0.2, 0.25) is 0 Å². The van der Waals surface area contributed by atoms with Crippen LogP contribution in [0.5, 0.6) is 0 Å². The maximum atomic E-state index is 12.2. The van der Waals surface area contributed by atoms with Gasteiger partial charge in [-0.1, -0.05) is 26.0 Å². The van der Waals surface area contributed by atoms with Crippen LogP contribution in [0, 0.1) is 11.8 Å². The Kier molecular flexibility index (Phi) is 6.02. The van der Waals surface area contributed by atoms with E-state index in [4.69, 9.17) is 4.74 Å². The number of hydrogen-bond acceptors (Lipinski definition) is 6. The molecule has 2 heterocycles. The van der Waals surface area contributed by atoms with E-state index in [-0.39, 0.29) is 36.2 Å². The smallest absolute Gasteiger partial charge is 0.308 e. The van der Waals surface area contributed by atoms with Crippen LogP contribution in [0.4, 0.5) is 0 Å². The van der Waals surface area contributed by atoms with Crippen molar-refractivity contribution >= 4 is 27.7 Å². The van der Waals surface area contributed by atoms with Gasteiger partial charge in [-0.2, -0.15) is 0 Å². The quantitative estimate of drug-likeness (QED) is 0.738. The van der Waals surface area contributed by atoms with Crippen molar-refractivity contribution in [2.75, 3.05) is 26.2 Å².